The second-order valence-electron chi connectivity index (χ2n) is 7.23. The van der Waals surface area contributed by atoms with Gasteiger partial charge < -0.3 is 15.4 Å². The number of nitrogens with one attached hydrogen (secondary N) is 2. The van der Waals surface area contributed by atoms with Gasteiger partial charge in [0.15, 0.2) is 0 Å². The highest BCUT2D eigenvalue weighted by Gasteiger charge is 2.57. The lowest BCUT2D eigenvalue weighted by Crippen LogP contribution is -2.35. The van der Waals surface area contributed by atoms with E-state index in [1.54, 1.807) is 0 Å². The van der Waals surface area contributed by atoms with E-state index < -0.39 is 0 Å². The number of rotatable bonds is 6. The first kappa shape index (κ1) is 16.3. The highest BCUT2D eigenvalue weighted by atomic mass is 16.5. The molecule has 2 fully saturated rings. The molecule has 1 unspecified atom stereocenters. The van der Waals surface area contributed by atoms with Gasteiger partial charge in [0, 0.05) is 5.92 Å². The van der Waals surface area contributed by atoms with Gasteiger partial charge in [0.25, 0.3) is 0 Å². The van der Waals surface area contributed by atoms with Crippen LogP contribution < -0.4 is 15.4 Å². The molecular weight excluding hydrogens is 288 g/mol. The second-order valence-corrected chi connectivity index (χ2v) is 7.23. The van der Waals surface area contributed by atoms with Crippen LogP contribution in [0.25, 0.3) is 0 Å². The first-order valence-electron chi connectivity index (χ1n) is 8.82. The molecule has 2 N–H and O–H groups in total. The topological polar surface area (TPSA) is 50.4 Å². The van der Waals surface area contributed by atoms with Crippen LogP contribution in [0.1, 0.15) is 44.6 Å². The Hall–Kier alpha value is -1.55. The number of ether oxygens (including phenoxy) is 1. The molecule has 2 aliphatic rings. The van der Waals surface area contributed by atoms with Crippen LogP contribution in [0.15, 0.2) is 24.3 Å². The number of carbonyl (C=O) groups is 1. The summed E-state index contributed by atoms with van der Waals surface area (Å²) in [7, 11) is 0. The molecule has 1 aliphatic carbocycles. The molecule has 126 valence electrons. The van der Waals surface area contributed by atoms with E-state index in [0.717, 1.165) is 38.1 Å². The van der Waals surface area contributed by atoms with Gasteiger partial charge in [0.05, 0.1) is 6.54 Å². The van der Waals surface area contributed by atoms with Crippen LogP contribution in [-0.2, 0) is 4.79 Å². The minimum absolute atomic E-state index is 0.214. The fourth-order valence-electron chi connectivity index (χ4n) is 3.61. The summed E-state index contributed by atoms with van der Waals surface area (Å²) in [6, 6.07) is 8.21. The highest BCUT2D eigenvalue weighted by molar-refractivity contribution is 5.82. The lowest BCUT2D eigenvalue weighted by atomic mass is 9.92. The maximum atomic E-state index is 12.2. The Bertz CT molecular complexity index is 533. The van der Waals surface area contributed by atoms with E-state index in [0.29, 0.717) is 24.5 Å². The van der Waals surface area contributed by atoms with E-state index in [-0.39, 0.29) is 11.8 Å². The van der Waals surface area contributed by atoms with E-state index in [9.17, 15) is 4.79 Å². The summed E-state index contributed by atoms with van der Waals surface area (Å²) in [5.74, 6) is 1.84. The third-order valence-corrected chi connectivity index (χ3v) is 5.32. The standard InChI is InChI=1S/C19H28N2O2/c1-14(2)15-3-5-16(6-4-15)23-12-11-21-18(22)17-13-19(17)7-9-20-10-8-19/h3-6,14,17,20H,7-13H2,1-2H3,(H,21,22). The average Bonchev–Trinajstić information content (AvgIpc) is 3.25. The second kappa shape index (κ2) is 6.91. The zero-order chi connectivity index (χ0) is 16.3. The Kier molecular flexibility index (Phi) is 4.90. The third-order valence-electron chi connectivity index (χ3n) is 5.32. The number of amides is 1. The van der Waals surface area contributed by atoms with Crippen molar-refractivity contribution in [1.29, 1.82) is 0 Å². The van der Waals surface area contributed by atoms with Crippen molar-refractivity contribution in [2.45, 2.75) is 39.0 Å². The van der Waals surface area contributed by atoms with E-state index in [4.69, 9.17) is 4.74 Å². The number of hydrogen-bond donors (Lipinski definition) is 2. The summed E-state index contributed by atoms with van der Waals surface area (Å²) in [6.45, 7) is 7.57. The van der Waals surface area contributed by atoms with E-state index >= 15 is 0 Å². The third kappa shape index (κ3) is 3.86. The normalized spacial score (nSPS) is 22.1. The molecule has 0 radical (unpaired) electrons. The summed E-state index contributed by atoms with van der Waals surface area (Å²) < 4.78 is 5.70. The Morgan fingerprint density at radius 3 is 2.65 bits per heavy atom. The van der Waals surface area contributed by atoms with Gasteiger partial charge in [-0.2, -0.15) is 0 Å². The number of hydrogen-bond acceptors (Lipinski definition) is 3. The maximum absolute atomic E-state index is 12.2. The van der Waals surface area contributed by atoms with Crippen LogP contribution in [0.3, 0.4) is 0 Å². The van der Waals surface area contributed by atoms with E-state index in [2.05, 4.69) is 36.6 Å². The van der Waals surface area contributed by atoms with Crippen molar-refractivity contribution in [2.24, 2.45) is 11.3 Å². The van der Waals surface area contributed by atoms with Crippen LogP contribution in [0.2, 0.25) is 0 Å². The average molecular weight is 316 g/mol. The lowest BCUT2D eigenvalue weighted by molar-refractivity contribution is -0.123. The minimum Gasteiger partial charge on any atom is -0.492 e. The van der Waals surface area contributed by atoms with Gasteiger partial charge in [-0.15, -0.1) is 0 Å². The lowest BCUT2D eigenvalue weighted by Gasteiger charge is -2.23. The summed E-state index contributed by atoms with van der Waals surface area (Å²) in [4.78, 5) is 12.2. The monoisotopic (exact) mass is 316 g/mol. The molecule has 4 nitrogen and oxygen atoms in total. The minimum atomic E-state index is 0.214. The Balaban J connectivity index is 1.36. The van der Waals surface area contributed by atoms with Crippen molar-refractivity contribution < 1.29 is 9.53 Å². The predicted molar refractivity (Wildman–Crippen MR) is 91.7 cm³/mol. The number of piperidine rings is 1. The molecule has 1 saturated carbocycles. The van der Waals surface area contributed by atoms with E-state index in [1.165, 1.54) is 5.56 Å². The molecule has 1 amide bonds. The molecule has 3 rings (SSSR count). The van der Waals surface area contributed by atoms with Crippen LogP contribution >= 0.6 is 0 Å². The molecule has 1 heterocycles. The maximum Gasteiger partial charge on any atom is 0.223 e. The van der Waals surface area contributed by atoms with Crippen LogP contribution in [0.5, 0.6) is 5.75 Å². The zero-order valence-corrected chi connectivity index (χ0v) is 14.2. The molecule has 1 aromatic rings. The van der Waals surface area contributed by atoms with Crippen LogP contribution in [0, 0.1) is 11.3 Å². The van der Waals surface area contributed by atoms with Gasteiger partial charge in [-0.25, -0.2) is 0 Å². The molecule has 1 atom stereocenters. The molecule has 4 heteroatoms. The largest absolute Gasteiger partial charge is 0.492 e. The van der Waals surface area contributed by atoms with Gasteiger partial charge in [0.1, 0.15) is 12.4 Å². The van der Waals surface area contributed by atoms with Gasteiger partial charge in [-0.1, -0.05) is 26.0 Å². The highest BCUT2D eigenvalue weighted by Crippen LogP contribution is 2.58. The van der Waals surface area contributed by atoms with Gasteiger partial charge in [-0.05, 0) is 61.4 Å². The Labute approximate surface area is 139 Å². The summed E-state index contributed by atoms with van der Waals surface area (Å²) in [5.41, 5.74) is 1.62. The molecule has 1 spiro atoms. The molecule has 1 saturated heterocycles. The molecule has 0 bridgehead atoms. The number of benzene rings is 1. The van der Waals surface area contributed by atoms with E-state index in [1.807, 2.05) is 12.1 Å². The van der Waals surface area contributed by atoms with Crippen molar-refractivity contribution in [3.05, 3.63) is 29.8 Å². The summed E-state index contributed by atoms with van der Waals surface area (Å²) >= 11 is 0. The van der Waals surface area contributed by atoms with Crippen molar-refractivity contribution in [2.75, 3.05) is 26.2 Å². The van der Waals surface area contributed by atoms with Crippen LogP contribution in [0.4, 0.5) is 0 Å². The molecule has 23 heavy (non-hydrogen) atoms. The number of carbonyl (C=O) groups excluding carboxylic acids is 1. The zero-order valence-electron chi connectivity index (χ0n) is 14.2. The molecule has 1 aliphatic heterocycles. The smallest absolute Gasteiger partial charge is 0.223 e. The first-order valence-corrected chi connectivity index (χ1v) is 8.82. The predicted octanol–water partition coefficient (Wildman–Crippen LogP) is 2.69. The molecule has 0 aromatic heterocycles. The van der Waals surface area contributed by atoms with Gasteiger partial charge in [0.2, 0.25) is 5.91 Å². The summed E-state index contributed by atoms with van der Waals surface area (Å²) in [6.07, 6.45) is 3.35. The first-order chi connectivity index (χ1) is 11.1. The Morgan fingerprint density at radius 2 is 2.00 bits per heavy atom. The fraction of sp³-hybridized carbons (Fsp3) is 0.632. The van der Waals surface area contributed by atoms with Crippen molar-refractivity contribution in [3.63, 3.8) is 0 Å². The van der Waals surface area contributed by atoms with Crippen molar-refractivity contribution in [3.8, 4) is 5.75 Å². The molecule has 1 aromatic carbocycles. The van der Waals surface area contributed by atoms with Crippen molar-refractivity contribution >= 4 is 5.91 Å². The van der Waals surface area contributed by atoms with Crippen LogP contribution in [-0.4, -0.2) is 32.1 Å². The quantitative estimate of drug-likeness (QED) is 0.793. The van der Waals surface area contributed by atoms with Gasteiger partial charge >= 0.3 is 0 Å². The van der Waals surface area contributed by atoms with Crippen molar-refractivity contribution in [1.82, 2.24) is 10.6 Å². The molecular formula is C19H28N2O2. The fourth-order valence-corrected chi connectivity index (χ4v) is 3.61. The van der Waals surface area contributed by atoms with Gasteiger partial charge in [-0.3, -0.25) is 4.79 Å². The summed E-state index contributed by atoms with van der Waals surface area (Å²) in [5, 5.41) is 6.40. The Morgan fingerprint density at radius 1 is 1.30 bits per heavy atom. The SMILES string of the molecule is CC(C)c1ccc(OCCNC(=O)C2CC23CCNCC3)cc1.